The highest BCUT2D eigenvalue weighted by molar-refractivity contribution is 5.30. The van der Waals surface area contributed by atoms with Crippen LogP contribution in [0.15, 0.2) is 18.2 Å². The first-order chi connectivity index (χ1) is 9.97. The predicted octanol–water partition coefficient (Wildman–Crippen LogP) is 3.83. The maximum absolute atomic E-state index is 6.67. The highest BCUT2D eigenvalue weighted by Crippen LogP contribution is 2.28. The third-order valence-electron chi connectivity index (χ3n) is 5.62. The molecule has 2 heteroatoms. The first kappa shape index (κ1) is 16.5. The van der Waals surface area contributed by atoms with Crippen LogP contribution < -0.4 is 5.73 Å². The van der Waals surface area contributed by atoms with Crippen molar-refractivity contribution in [2.45, 2.75) is 71.4 Å². The quantitative estimate of drug-likeness (QED) is 0.892. The Bertz CT molecular complexity index is 463. The van der Waals surface area contributed by atoms with Crippen LogP contribution in [-0.4, -0.2) is 29.6 Å². The van der Waals surface area contributed by atoms with Crippen molar-refractivity contribution in [3.05, 3.63) is 34.9 Å². The molecule has 0 aliphatic carbocycles. The molecule has 1 heterocycles. The van der Waals surface area contributed by atoms with E-state index in [0.29, 0.717) is 0 Å². The van der Waals surface area contributed by atoms with Crippen LogP contribution in [0.5, 0.6) is 0 Å². The normalized spacial score (nSPS) is 21.0. The third-order valence-corrected chi connectivity index (χ3v) is 5.62. The third kappa shape index (κ3) is 3.67. The number of benzene rings is 1. The van der Waals surface area contributed by atoms with E-state index in [2.05, 4.69) is 50.8 Å². The molecule has 0 radical (unpaired) electrons. The van der Waals surface area contributed by atoms with E-state index in [4.69, 9.17) is 5.73 Å². The number of nitrogens with two attached hydrogens (primary N) is 1. The number of piperidine rings is 1. The van der Waals surface area contributed by atoms with Crippen molar-refractivity contribution in [2.24, 2.45) is 5.73 Å². The minimum atomic E-state index is 0.124. The van der Waals surface area contributed by atoms with Crippen LogP contribution >= 0.6 is 0 Å². The summed E-state index contributed by atoms with van der Waals surface area (Å²) in [5, 5.41) is 0. The second-order valence-electron chi connectivity index (χ2n) is 6.99. The molecule has 2 rings (SSSR count). The molecule has 0 saturated carbocycles. The highest BCUT2D eigenvalue weighted by atomic mass is 15.2. The van der Waals surface area contributed by atoms with Crippen LogP contribution in [0.25, 0.3) is 0 Å². The summed E-state index contributed by atoms with van der Waals surface area (Å²) in [5.74, 6) is 0. The van der Waals surface area contributed by atoms with Gasteiger partial charge in [0, 0.05) is 11.6 Å². The monoisotopic (exact) mass is 288 g/mol. The van der Waals surface area contributed by atoms with Crippen molar-refractivity contribution in [1.29, 1.82) is 0 Å². The average Bonchev–Trinajstić information content (AvgIpc) is 2.51. The molecule has 1 aromatic rings. The molecule has 2 unspecified atom stereocenters. The zero-order valence-corrected chi connectivity index (χ0v) is 14.3. The smallest absolute Gasteiger partial charge is 0.0332 e. The van der Waals surface area contributed by atoms with Crippen LogP contribution in [0, 0.1) is 13.8 Å². The number of aryl methyl sites for hydroxylation is 2. The molecular weight excluding hydrogens is 256 g/mol. The van der Waals surface area contributed by atoms with Crippen molar-refractivity contribution < 1.29 is 0 Å². The van der Waals surface area contributed by atoms with Crippen molar-refractivity contribution in [1.82, 2.24) is 4.90 Å². The molecular formula is C19H32N2. The summed E-state index contributed by atoms with van der Waals surface area (Å²) in [7, 11) is 0. The summed E-state index contributed by atoms with van der Waals surface area (Å²) in [6.07, 6.45) is 6.13. The second kappa shape index (κ2) is 6.93. The van der Waals surface area contributed by atoms with E-state index in [1.807, 2.05) is 0 Å². The van der Waals surface area contributed by atoms with Gasteiger partial charge in [-0.3, -0.25) is 4.90 Å². The van der Waals surface area contributed by atoms with E-state index in [-0.39, 0.29) is 11.6 Å². The summed E-state index contributed by atoms with van der Waals surface area (Å²) in [4.78, 5) is 2.64. The Morgan fingerprint density at radius 2 is 1.81 bits per heavy atom. The maximum Gasteiger partial charge on any atom is 0.0332 e. The van der Waals surface area contributed by atoms with Gasteiger partial charge in [0.2, 0.25) is 0 Å². The molecule has 1 saturated heterocycles. The zero-order chi connectivity index (χ0) is 15.5. The number of rotatable bonds is 5. The largest absolute Gasteiger partial charge is 0.326 e. The molecule has 1 aliphatic heterocycles. The molecule has 0 aromatic heterocycles. The summed E-state index contributed by atoms with van der Waals surface area (Å²) in [6.45, 7) is 11.4. The fourth-order valence-electron chi connectivity index (χ4n) is 3.53. The zero-order valence-electron chi connectivity index (χ0n) is 14.3. The number of hydrogen-bond acceptors (Lipinski definition) is 2. The van der Waals surface area contributed by atoms with Gasteiger partial charge in [-0.15, -0.1) is 0 Å². The fourth-order valence-corrected chi connectivity index (χ4v) is 3.53. The van der Waals surface area contributed by atoms with Gasteiger partial charge in [-0.2, -0.15) is 0 Å². The minimum Gasteiger partial charge on any atom is -0.326 e. The lowest BCUT2D eigenvalue weighted by Crippen LogP contribution is -2.59. The number of likely N-dealkylation sites (tertiary alicyclic amines) is 1. The van der Waals surface area contributed by atoms with Gasteiger partial charge < -0.3 is 5.73 Å². The number of hydrogen-bond donors (Lipinski definition) is 1. The molecule has 0 amide bonds. The summed E-state index contributed by atoms with van der Waals surface area (Å²) in [5.41, 5.74) is 10.9. The Kier molecular flexibility index (Phi) is 5.45. The lowest BCUT2D eigenvalue weighted by atomic mass is 9.82. The van der Waals surface area contributed by atoms with E-state index in [1.165, 1.54) is 49.0 Å². The lowest BCUT2D eigenvalue weighted by molar-refractivity contribution is 0.0546. The van der Waals surface area contributed by atoms with E-state index >= 15 is 0 Å². The van der Waals surface area contributed by atoms with Gasteiger partial charge in [0.1, 0.15) is 0 Å². The Morgan fingerprint density at radius 1 is 1.14 bits per heavy atom. The highest BCUT2D eigenvalue weighted by Gasteiger charge is 2.36. The molecule has 118 valence electrons. The Hall–Kier alpha value is -0.860. The summed E-state index contributed by atoms with van der Waals surface area (Å²) in [6, 6.07) is 6.97. The summed E-state index contributed by atoms with van der Waals surface area (Å²) >= 11 is 0. The van der Waals surface area contributed by atoms with Crippen molar-refractivity contribution >= 4 is 0 Å². The SMILES string of the molecule is CCC(C)(C(N)Cc1ccc(C)c(C)c1)N1CCCCC1. The molecule has 0 spiro atoms. The number of nitrogens with zero attached hydrogens (tertiary/aromatic N) is 1. The second-order valence-corrected chi connectivity index (χ2v) is 6.99. The molecule has 0 bridgehead atoms. The van der Waals surface area contributed by atoms with Crippen LogP contribution in [0.1, 0.15) is 56.2 Å². The average molecular weight is 288 g/mol. The van der Waals surface area contributed by atoms with Crippen LogP contribution in [-0.2, 0) is 6.42 Å². The minimum absolute atomic E-state index is 0.124. The first-order valence-electron chi connectivity index (χ1n) is 8.54. The Labute approximate surface area is 130 Å². The van der Waals surface area contributed by atoms with E-state index in [1.54, 1.807) is 0 Å². The summed E-state index contributed by atoms with van der Waals surface area (Å²) < 4.78 is 0. The molecule has 1 aliphatic rings. The molecule has 21 heavy (non-hydrogen) atoms. The fraction of sp³-hybridized carbons (Fsp3) is 0.684. The predicted molar refractivity (Wildman–Crippen MR) is 91.7 cm³/mol. The topological polar surface area (TPSA) is 29.3 Å². The van der Waals surface area contributed by atoms with Gasteiger partial charge in [-0.1, -0.05) is 31.5 Å². The van der Waals surface area contributed by atoms with E-state index in [0.717, 1.165) is 12.8 Å². The molecule has 1 aromatic carbocycles. The van der Waals surface area contributed by atoms with Crippen molar-refractivity contribution in [3.63, 3.8) is 0 Å². The van der Waals surface area contributed by atoms with E-state index < -0.39 is 0 Å². The van der Waals surface area contributed by atoms with Gasteiger partial charge >= 0.3 is 0 Å². The maximum atomic E-state index is 6.67. The first-order valence-corrected chi connectivity index (χ1v) is 8.54. The van der Waals surface area contributed by atoms with E-state index in [9.17, 15) is 0 Å². The standard InChI is InChI=1S/C19H32N2/c1-5-19(4,21-11-7-6-8-12-21)18(20)14-17-10-9-15(2)16(3)13-17/h9-10,13,18H,5-8,11-12,14,20H2,1-4H3. The van der Waals surface area contributed by atoms with Gasteiger partial charge in [0.25, 0.3) is 0 Å². The van der Waals surface area contributed by atoms with Crippen LogP contribution in [0.2, 0.25) is 0 Å². The van der Waals surface area contributed by atoms with Crippen LogP contribution in [0.3, 0.4) is 0 Å². The van der Waals surface area contributed by atoms with Gasteiger partial charge in [0.15, 0.2) is 0 Å². The Balaban J connectivity index is 2.11. The van der Waals surface area contributed by atoms with Gasteiger partial charge in [0.05, 0.1) is 0 Å². The van der Waals surface area contributed by atoms with Gasteiger partial charge in [-0.25, -0.2) is 0 Å². The molecule has 2 nitrogen and oxygen atoms in total. The van der Waals surface area contributed by atoms with Crippen molar-refractivity contribution in [2.75, 3.05) is 13.1 Å². The molecule has 2 N–H and O–H groups in total. The van der Waals surface area contributed by atoms with Crippen molar-refractivity contribution in [3.8, 4) is 0 Å². The Morgan fingerprint density at radius 3 is 2.38 bits per heavy atom. The molecule has 2 atom stereocenters. The molecule has 1 fully saturated rings. The van der Waals surface area contributed by atoms with Crippen LogP contribution in [0.4, 0.5) is 0 Å². The van der Waals surface area contributed by atoms with Gasteiger partial charge in [-0.05, 0) is 76.2 Å². The lowest BCUT2D eigenvalue weighted by Gasteiger charge is -2.47.